The number of amides is 1. The summed E-state index contributed by atoms with van der Waals surface area (Å²) in [7, 11) is 0. The Hall–Kier alpha value is -0.570. The summed E-state index contributed by atoms with van der Waals surface area (Å²) in [5.41, 5.74) is 0.251. The number of rotatable bonds is 3. The van der Waals surface area contributed by atoms with Gasteiger partial charge in [-0.15, -0.1) is 0 Å². The first-order chi connectivity index (χ1) is 6.80. The van der Waals surface area contributed by atoms with Crippen LogP contribution in [0.15, 0.2) is 0 Å². The van der Waals surface area contributed by atoms with Crippen molar-refractivity contribution >= 4 is 5.91 Å². The van der Waals surface area contributed by atoms with Crippen LogP contribution in [0.4, 0.5) is 0 Å². The van der Waals surface area contributed by atoms with E-state index < -0.39 is 0 Å². The van der Waals surface area contributed by atoms with Crippen molar-refractivity contribution in [3.8, 4) is 0 Å². The van der Waals surface area contributed by atoms with E-state index in [1.54, 1.807) is 0 Å². The van der Waals surface area contributed by atoms with Crippen LogP contribution in [0.5, 0.6) is 0 Å². The van der Waals surface area contributed by atoms with Gasteiger partial charge in [-0.3, -0.25) is 4.79 Å². The fourth-order valence-corrected chi connectivity index (χ4v) is 2.65. The molecule has 3 fully saturated rings. The molecule has 2 N–H and O–H groups in total. The van der Waals surface area contributed by atoms with Crippen LogP contribution < -0.4 is 10.6 Å². The van der Waals surface area contributed by atoms with Crippen molar-refractivity contribution in [1.29, 1.82) is 0 Å². The SMILES string of the molecule is O=C(NC1(C2CC2)CC1)[C@H]1CCCN1. The zero-order chi connectivity index (χ0) is 9.60. The standard InChI is InChI=1S/C11H18N2O/c14-10(9-2-1-7-12-9)13-11(5-6-11)8-3-4-8/h8-9,12H,1-7H2,(H,13,14)/t9-/m1/s1. The van der Waals surface area contributed by atoms with Crippen molar-refractivity contribution in [2.24, 2.45) is 5.92 Å². The summed E-state index contributed by atoms with van der Waals surface area (Å²) in [5.74, 6) is 1.07. The van der Waals surface area contributed by atoms with Crippen molar-refractivity contribution in [1.82, 2.24) is 10.6 Å². The van der Waals surface area contributed by atoms with Crippen molar-refractivity contribution in [2.75, 3.05) is 6.54 Å². The molecule has 0 unspecified atom stereocenters. The molecule has 0 bridgehead atoms. The molecule has 78 valence electrons. The minimum atomic E-state index is 0.103. The second-order valence-electron chi connectivity index (χ2n) is 5.07. The van der Waals surface area contributed by atoms with Crippen molar-refractivity contribution < 1.29 is 4.79 Å². The Balaban J connectivity index is 1.58. The van der Waals surface area contributed by atoms with Crippen molar-refractivity contribution in [2.45, 2.75) is 50.1 Å². The van der Waals surface area contributed by atoms with Crippen LogP contribution in [-0.4, -0.2) is 24.0 Å². The smallest absolute Gasteiger partial charge is 0.237 e. The quantitative estimate of drug-likeness (QED) is 0.697. The molecule has 2 saturated carbocycles. The van der Waals surface area contributed by atoms with Gasteiger partial charge in [0.05, 0.1) is 6.04 Å². The Bertz CT molecular complexity index is 250. The molecule has 0 aromatic heterocycles. The van der Waals surface area contributed by atoms with E-state index in [2.05, 4.69) is 10.6 Å². The third-order valence-electron chi connectivity index (χ3n) is 3.90. The van der Waals surface area contributed by atoms with E-state index in [4.69, 9.17) is 0 Å². The average Bonchev–Trinajstić information content (AvgIpc) is 3.07. The molecular weight excluding hydrogens is 176 g/mol. The molecule has 3 nitrogen and oxygen atoms in total. The lowest BCUT2D eigenvalue weighted by atomic mass is 10.1. The molecule has 0 aromatic rings. The van der Waals surface area contributed by atoms with Gasteiger partial charge in [-0.2, -0.15) is 0 Å². The van der Waals surface area contributed by atoms with Crippen LogP contribution >= 0.6 is 0 Å². The van der Waals surface area contributed by atoms with E-state index in [0.717, 1.165) is 25.3 Å². The molecule has 2 aliphatic carbocycles. The largest absolute Gasteiger partial charge is 0.349 e. The molecule has 1 atom stereocenters. The van der Waals surface area contributed by atoms with Gasteiger partial charge >= 0.3 is 0 Å². The summed E-state index contributed by atoms with van der Waals surface area (Å²) in [6, 6.07) is 0.103. The van der Waals surface area contributed by atoms with Gasteiger partial charge in [-0.05, 0) is 51.0 Å². The fourth-order valence-electron chi connectivity index (χ4n) is 2.65. The van der Waals surface area contributed by atoms with E-state index in [1.807, 2.05) is 0 Å². The first-order valence-electron chi connectivity index (χ1n) is 5.86. The molecule has 1 amide bonds. The molecule has 0 aromatic carbocycles. The molecule has 3 rings (SSSR count). The number of carbonyl (C=O) groups is 1. The summed E-state index contributed by atoms with van der Waals surface area (Å²) >= 11 is 0. The van der Waals surface area contributed by atoms with Crippen LogP contribution in [0.3, 0.4) is 0 Å². The van der Waals surface area contributed by atoms with E-state index >= 15 is 0 Å². The highest BCUT2D eigenvalue weighted by atomic mass is 16.2. The summed E-state index contributed by atoms with van der Waals surface area (Å²) in [4.78, 5) is 11.9. The molecule has 1 heterocycles. The van der Waals surface area contributed by atoms with E-state index in [0.29, 0.717) is 0 Å². The normalized spacial score (nSPS) is 34.1. The van der Waals surface area contributed by atoms with Gasteiger partial charge in [0.25, 0.3) is 0 Å². The Morgan fingerprint density at radius 1 is 1.29 bits per heavy atom. The summed E-state index contributed by atoms with van der Waals surface area (Å²) in [6.07, 6.45) is 7.27. The molecule has 1 aliphatic heterocycles. The van der Waals surface area contributed by atoms with E-state index in [-0.39, 0.29) is 17.5 Å². The lowest BCUT2D eigenvalue weighted by molar-refractivity contribution is -0.123. The molecule has 3 heteroatoms. The highest BCUT2D eigenvalue weighted by Gasteiger charge is 2.55. The molecule has 1 saturated heterocycles. The first-order valence-corrected chi connectivity index (χ1v) is 5.86. The molecule has 3 aliphatic rings. The van der Waals surface area contributed by atoms with Gasteiger partial charge in [-0.25, -0.2) is 0 Å². The fraction of sp³-hybridized carbons (Fsp3) is 0.909. The second kappa shape index (κ2) is 2.96. The van der Waals surface area contributed by atoms with Crippen LogP contribution in [0.1, 0.15) is 38.5 Å². The summed E-state index contributed by atoms with van der Waals surface area (Å²) in [5, 5.41) is 6.52. The molecule has 14 heavy (non-hydrogen) atoms. The van der Waals surface area contributed by atoms with Gasteiger partial charge in [0.2, 0.25) is 5.91 Å². The second-order valence-corrected chi connectivity index (χ2v) is 5.07. The maximum atomic E-state index is 11.9. The Labute approximate surface area is 84.6 Å². The van der Waals surface area contributed by atoms with Gasteiger partial charge in [-0.1, -0.05) is 0 Å². The zero-order valence-electron chi connectivity index (χ0n) is 8.51. The topological polar surface area (TPSA) is 41.1 Å². The number of hydrogen-bond donors (Lipinski definition) is 2. The number of carbonyl (C=O) groups excluding carboxylic acids is 1. The van der Waals surface area contributed by atoms with Gasteiger partial charge in [0, 0.05) is 5.54 Å². The minimum Gasteiger partial charge on any atom is -0.349 e. The van der Waals surface area contributed by atoms with Crippen LogP contribution in [0.2, 0.25) is 0 Å². The van der Waals surface area contributed by atoms with Crippen molar-refractivity contribution in [3.05, 3.63) is 0 Å². The third kappa shape index (κ3) is 1.44. The Morgan fingerprint density at radius 2 is 2.07 bits per heavy atom. The lowest BCUT2D eigenvalue weighted by Crippen LogP contribution is -2.47. The first kappa shape index (κ1) is 8.72. The lowest BCUT2D eigenvalue weighted by Gasteiger charge is -2.19. The molecule has 0 radical (unpaired) electrons. The predicted molar refractivity (Wildman–Crippen MR) is 53.9 cm³/mol. The maximum Gasteiger partial charge on any atom is 0.237 e. The monoisotopic (exact) mass is 194 g/mol. The summed E-state index contributed by atoms with van der Waals surface area (Å²) in [6.45, 7) is 1.01. The Morgan fingerprint density at radius 3 is 2.57 bits per heavy atom. The third-order valence-corrected chi connectivity index (χ3v) is 3.90. The van der Waals surface area contributed by atoms with Gasteiger partial charge in [0.15, 0.2) is 0 Å². The van der Waals surface area contributed by atoms with E-state index in [9.17, 15) is 4.79 Å². The molecule has 0 spiro atoms. The maximum absolute atomic E-state index is 11.9. The van der Waals surface area contributed by atoms with Crippen LogP contribution in [0.25, 0.3) is 0 Å². The van der Waals surface area contributed by atoms with E-state index in [1.165, 1.54) is 25.7 Å². The Kier molecular flexibility index (Phi) is 1.84. The number of nitrogens with one attached hydrogen (secondary N) is 2. The van der Waals surface area contributed by atoms with Gasteiger partial charge < -0.3 is 10.6 Å². The van der Waals surface area contributed by atoms with Crippen LogP contribution in [0, 0.1) is 5.92 Å². The average molecular weight is 194 g/mol. The predicted octanol–water partition coefficient (Wildman–Crippen LogP) is 0.797. The summed E-state index contributed by atoms with van der Waals surface area (Å²) < 4.78 is 0. The zero-order valence-corrected chi connectivity index (χ0v) is 8.51. The van der Waals surface area contributed by atoms with Crippen molar-refractivity contribution in [3.63, 3.8) is 0 Å². The minimum absolute atomic E-state index is 0.103. The van der Waals surface area contributed by atoms with Crippen LogP contribution in [-0.2, 0) is 4.79 Å². The number of hydrogen-bond acceptors (Lipinski definition) is 2. The molecular formula is C11H18N2O. The van der Waals surface area contributed by atoms with Gasteiger partial charge in [0.1, 0.15) is 0 Å². The highest BCUT2D eigenvalue weighted by Crippen LogP contribution is 2.53. The highest BCUT2D eigenvalue weighted by molar-refractivity contribution is 5.83.